The van der Waals surface area contributed by atoms with Crippen LogP contribution < -0.4 is 5.32 Å². The number of nitrogens with one attached hydrogen (secondary N) is 1. The number of carbonyl (C=O) groups excluding carboxylic acids is 1. The summed E-state index contributed by atoms with van der Waals surface area (Å²) < 4.78 is 0. The van der Waals surface area contributed by atoms with Crippen LogP contribution in [-0.4, -0.2) is 36.5 Å². The molecule has 16 heavy (non-hydrogen) atoms. The molecule has 2 heterocycles. The van der Waals surface area contributed by atoms with Gasteiger partial charge in [0, 0.05) is 19.0 Å². The minimum Gasteiger partial charge on any atom is -0.340 e. The van der Waals surface area contributed by atoms with Crippen LogP contribution >= 0.6 is 12.4 Å². The van der Waals surface area contributed by atoms with Gasteiger partial charge in [0.05, 0.1) is 0 Å². The van der Waals surface area contributed by atoms with Gasteiger partial charge in [0.2, 0.25) is 5.91 Å². The number of likely N-dealkylation sites (tertiary alicyclic amines) is 1. The zero-order valence-electron chi connectivity index (χ0n) is 10.1. The molecule has 4 heteroatoms. The lowest BCUT2D eigenvalue weighted by Crippen LogP contribution is -2.33. The number of hydrogen-bond donors (Lipinski definition) is 1. The monoisotopic (exact) mass is 246 g/mol. The van der Waals surface area contributed by atoms with E-state index in [9.17, 15) is 4.79 Å². The molecule has 2 saturated heterocycles. The molecule has 0 bridgehead atoms. The van der Waals surface area contributed by atoms with Gasteiger partial charge in [0.25, 0.3) is 0 Å². The summed E-state index contributed by atoms with van der Waals surface area (Å²) in [6.07, 6.45) is 5.48. The lowest BCUT2D eigenvalue weighted by atomic mass is 10.0. The number of halogens is 1. The predicted octanol–water partition coefficient (Wildman–Crippen LogP) is 1.81. The van der Waals surface area contributed by atoms with Gasteiger partial charge in [-0.3, -0.25) is 4.79 Å². The van der Waals surface area contributed by atoms with Crippen molar-refractivity contribution in [3.63, 3.8) is 0 Å². The molecule has 0 aromatic heterocycles. The van der Waals surface area contributed by atoms with Crippen molar-refractivity contribution in [2.75, 3.05) is 19.6 Å². The first-order chi connectivity index (χ1) is 7.27. The average Bonchev–Trinajstić information content (AvgIpc) is 2.84. The molecule has 0 radical (unpaired) electrons. The minimum atomic E-state index is 0. The summed E-state index contributed by atoms with van der Waals surface area (Å²) in [6.45, 7) is 5.41. The Morgan fingerprint density at radius 1 is 1.44 bits per heavy atom. The number of nitrogens with zero attached hydrogens (tertiary/aromatic N) is 1. The van der Waals surface area contributed by atoms with Gasteiger partial charge in [-0.15, -0.1) is 12.4 Å². The summed E-state index contributed by atoms with van der Waals surface area (Å²) in [4.78, 5) is 14.0. The van der Waals surface area contributed by atoms with E-state index in [0.717, 1.165) is 38.4 Å². The largest absolute Gasteiger partial charge is 0.340 e. The Labute approximate surface area is 104 Å². The summed E-state index contributed by atoms with van der Waals surface area (Å²) >= 11 is 0. The van der Waals surface area contributed by atoms with E-state index in [-0.39, 0.29) is 12.4 Å². The van der Waals surface area contributed by atoms with Crippen LogP contribution in [0.5, 0.6) is 0 Å². The van der Waals surface area contributed by atoms with E-state index < -0.39 is 0 Å². The molecule has 94 valence electrons. The molecule has 2 aliphatic rings. The maximum Gasteiger partial charge on any atom is 0.222 e. The predicted molar refractivity (Wildman–Crippen MR) is 67.9 cm³/mol. The third-order valence-electron chi connectivity index (χ3n) is 3.80. The minimum absolute atomic E-state index is 0. The first kappa shape index (κ1) is 13.8. The molecule has 0 saturated carbocycles. The fourth-order valence-electron chi connectivity index (χ4n) is 2.74. The Morgan fingerprint density at radius 2 is 2.25 bits per heavy atom. The quantitative estimate of drug-likeness (QED) is 0.824. The van der Waals surface area contributed by atoms with Crippen molar-refractivity contribution < 1.29 is 4.79 Å². The van der Waals surface area contributed by atoms with E-state index in [1.54, 1.807) is 0 Å². The maximum atomic E-state index is 11.9. The lowest BCUT2D eigenvalue weighted by molar-refractivity contribution is -0.132. The highest BCUT2D eigenvalue weighted by molar-refractivity contribution is 5.85. The number of rotatable bonds is 3. The number of hydrogen-bond acceptors (Lipinski definition) is 2. The Hall–Kier alpha value is -0.280. The Bertz CT molecular complexity index is 229. The first-order valence-electron chi connectivity index (χ1n) is 6.27. The van der Waals surface area contributed by atoms with Gasteiger partial charge in [0.15, 0.2) is 0 Å². The summed E-state index contributed by atoms with van der Waals surface area (Å²) in [7, 11) is 0. The van der Waals surface area contributed by atoms with Crippen LogP contribution in [0.1, 0.15) is 39.0 Å². The van der Waals surface area contributed by atoms with E-state index in [2.05, 4.69) is 17.1 Å². The van der Waals surface area contributed by atoms with Crippen molar-refractivity contribution >= 4 is 18.3 Å². The molecular weight excluding hydrogens is 224 g/mol. The van der Waals surface area contributed by atoms with Crippen LogP contribution in [0.25, 0.3) is 0 Å². The molecule has 2 unspecified atom stereocenters. The Kier molecular flexibility index (Phi) is 5.56. The molecule has 0 aromatic carbocycles. The molecule has 2 aliphatic heterocycles. The third kappa shape index (κ3) is 3.36. The van der Waals surface area contributed by atoms with Gasteiger partial charge in [-0.05, 0) is 51.6 Å². The van der Waals surface area contributed by atoms with Crippen LogP contribution in [-0.2, 0) is 4.79 Å². The van der Waals surface area contributed by atoms with Gasteiger partial charge in [0.1, 0.15) is 0 Å². The van der Waals surface area contributed by atoms with Crippen molar-refractivity contribution in [3.8, 4) is 0 Å². The van der Waals surface area contributed by atoms with Crippen LogP contribution in [0.2, 0.25) is 0 Å². The topological polar surface area (TPSA) is 32.3 Å². The van der Waals surface area contributed by atoms with Gasteiger partial charge in [-0.1, -0.05) is 0 Å². The molecule has 2 rings (SSSR count). The molecular formula is C12H23ClN2O. The second kappa shape index (κ2) is 6.45. The van der Waals surface area contributed by atoms with Crippen LogP contribution in [0, 0.1) is 5.92 Å². The zero-order chi connectivity index (χ0) is 10.7. The summed E-state index contributed by atoms with van der Waals surface area (Å²) in [6, 6.07) is 0.485. The van der Waals surface area contributed by atoms with Crippen molar-refractivity contribution in [2.45, 2.75) is 45.1 Å². The Morgan fingerprint density at radius 3 is 2.81 bits per heavy atom. The third-order valence-corrected chi connectivity index (χ3v) is 3.80. The second-order valence-corrected chi connectivity index (χ2v) is 4.98. The zero-order valence-corrected chi connectivity index (χ0v) is 10.9. The fourth-order valence-corrected chi connectivity index (χ4v) is 2.74. The van der Waals surface area contributed by atoms with Gasteiger partial charge in [-0.2, -0.15) is 0 Å². The lowest BCUT2D eigenvalue weighted by Gasteiger charge is -2.22. The van der Waals surface area contributed by atoms with Crippen LogP contribution in [0.3, 0.4) is 0 Å². The molecule has 0 spiro atoms. The van der Waals surface area contributed by atoms with E-state index in [1.165, 1.54) is 19.3 Å². The van der Waals surface area contributed by atoms with Crippen LogP contribution in [0.15, 0.2) is 0 Å². The Balaban J connectivity index is 0.00000128. The summed E-state index contributed by atoms with van der Waals surface area (Å²) in [5.41, 5.74) is 0. The highest BCUT2D eigenvalue weighted by Gasteiger charge is 2.25. The molecule has 0 aliphatic carbocycles. The SMILES string of the molecule is CC1CCCN1C(=O)CCC1CCNC1.Cl. The van der Waals surface area contributed by atoms with E-state index in [1.807, 2.05) is 0 Å². The smallest absolute Gasteiger partial charge is 0.222 e. The molecule has 1 amide bonds. The van der Waals surface area contributed by atoms with Crippen molar-refractivity contribution in [3.05, 3.63) is 0 Å². The molecule has 0 aromatic rings. The summed E-state index contributed by atoms with van der Waals surface area (Å²) in [5.74, 6) is 1.12. The highest BCUT2D eigenvalue weighted by Crippen LogP contribution is 2.20. The standard InChI is InChI=1S/C12H22N2O.ClH/c1-10-3-2-8-14(10)12(15)5-4-11-6-7-13-9-11;/h10-11,13H,2-9H2,1H3;1H. The van der Waals surface area contributed by atoms with Crippen molar-refractivity contribution in [1.82, 2.24) is 10.2 Å². The van der Waals surface area contributed by atoms with Gasteiger partial charge in [-0.25, -0.2) is 0 Å². The fraction of sp³-hybridized carbons (Fsp3) is 0.917. The first-order valence-corrected chi connectivity index (χ1v) is 6.27. The van der Waals surface area contributed by atoms with E-state index in [4.69, 9.17) is 0 Å². The van der Waals surface area contributed by atoms with Crippen molar-refractivity contribution in [2.24, 2.45) is 5.92 Å². The maximum absolute atomic E-state index is 11.9. The second-order valence-electron chi connectivity index (χ2n) is 4.98. The highest BCUT2D eigenvalue weighted by atomic mass is 35.5. The molecule has 1 N–H and O–H groups in total. The molecule has 2 fully saturated rings. The van der Waals surface area contributed by atoms with Gasteiger partial charge < -0.3 is 10.2 Å². The van der Waals surface area contributed by atoms with E-state index >= 15 is 0 Å². The molecule has 2 atom stereocenters. The average molecular weight is 247 g/mol. The molecule has 3 nitrogen and oxygen atoms in total. The van der Waals surface area contributed by atoms with Gasteiger partial charge >= 0.3 is 0 Å². The number of carbonyl (C=O) groups is 1. The number of amides is 1. The van der Waals surface area contributed by atoms with E-state index in [0.29, 0.717) is 11.9 Å². The van der Waals surface area contributed by atoms with Crippen LogP contribution in [0.4, 0.5) is 0 Å². The van der Waals surface area contributed by atoms with Crippen molar-refractivity contribution in [1.29, 1.82) is 0 Å². The normalized spacial score (nSPS) is 29.2. The summed E-state index contributed by atoms with van der Waals surface area (Å²) in [5, 5.41) is 3.35.